The van der Waals surface area contributed by atoms with Crippen LogP contribution >= 0.6 is 0 Å². The molecule has 1 aromatic rings. The van der Waals surface area contributed by atoms with Gasteiger partial charge in [-0.25, -0.2) is 0 Å². The molecule has 0 aromatic heterocycles. The zero-order chi connectivity index (χ0) is 15.8. The van der Waals surface area contributed by atoms with Crippen LogP contribution in [0.1, 0.15) is 52.0 Å². The Morgan fingerprint density at radius 1 is 1.05 bits per heavy atom. The van der Waals surface area contributed by atoms with Gasteiger partial charge in [0.25, 0.3) is 0 Å². The summed E-state index contributed by atoms with van der Waals surface area (Å²) >= 11 is 0. The molecular weight excluding hydrogens is 268 g/mol. The van der Waals surface area contributed by atoms with Gasteiger partial charge in [0.15, 0.2) is 0 Å². The molecule has 0 aliphatic rings. The average molecular weight is 296 g/mol. The number of aliphatic hydroxyl groups excluding tert-OH is 2. The van der Waals surface area contributed by atoms with E-state index in [0.717, 1.165) is 23.5 Å². The van der Waals surface area contributed by atoms with Crippen molar-refractivity contribution in [3.63, 3.8) is 0 Å². The summed E-state index contributed by atoms with van der Waals surface area (Å²) in [5.41, 5.74) is 1.03. The molecule has 0 aliphatic heterocycles. The fraction of sp³-hybridized carbons (Fsp3) is 0.647. The highest BCUT2D eigenvalue weighted by molar-refractivity contribution is 5.42. The number of benzene rings is 1. The van der Waals surface area contributed by atoms with Crippen LogP contribution in [0.25, 0.3) is 0 Å². The Labute approximate surface area is 127 Å². The molecule has 1 rings (SSSR count). The Morgan fingerprint density at radius 2 is 1.71 bits per heavy atom. The van der Waals surface area contributed by atoms with E-state index in [0.29, 0.717) is 19.6 Å². The summed E-state index contributed by atoms with van der Waals surface area (Å²) < 4.78 is 11.3. The lowest BCUT2D eigenvalue weighted by Crippen LogP contribution is -2.25. The van der Waals surface area contributed by atoms with Crippen LogP contribution in [0.3, 0.4) is 0 Å². The standard InChI is InChI=1S/C17H28O4/c1-5-13(10-16(19)12(4)18)15-11-14(20-6-2)8-9-17(15)21-7-3/h8-9,11-13,16,18-19H,5-7,10H2,1-4H3. The number of rotatable bonds is 9. The van der Waals surface area contributed by atoms with Crippen LogP contribution in [0.2, 0.25) is 0 Å². The van der Waals surface area contributed by atoms with Crippen LogP contribution in [0.4, 0.5) is 0 Å². The third kappa shape index (κ3) is 5.21. The van der Waals surface area contributed by atoms with Crippen molar-refractivity contribution >= 4 is 0 Å². The quantitative estimate of drug-likeness (QED) is 0.735. The molecule has 0 amide bonds. The molecule has 0 spiro atoms. The highest BCUT2D eigenvalue weighted by atomic mass is 16.5. The number of ether oxygens (including phenoxy) is 2. The van der Waals surface area contributed by atoms with Gasteiger partial charge in [-0.2, -0.15) is 0 Å². The molecule has 0 radical (unpaired) electrons. The maximum absolute atomic E-state index is 9.96. The molecule has 4 nitrogen and oxygen atoms in total. The molecule has 3 unspecified atom stereocenters. The van der Waals surface area contributed by atoms with Gasteiger partial charge < -0.3 is 19.7 Å². The molecule has 21 heavy (non-hydrogen) atoms. The molecule has 0 bridgehead atoms. The van der Waals surface area contributed by atoms with Crippen molar-refractivity contribution in [1.29, 1.82) is 0 Å². The Bertz CT molecular complexity index is 417. The van der Waals surface area contributed by atoms with E-state index in [1.165, 1.54) is 0 Å². The molecule has 120 valence electrons. The summed E-state index contributed by atoms with van der Waals surface area (Å²) in [7, 11) is 0. The van der Waals surface area contributed by atoms with Gasteiger partial charge >= 0.3 is 0 Å². The second-order valence-electron chi connectivity index (χ2n) is 5.21. The predicted molar refractivity (Wildman–Crippen MR) is 84.1 cm³/mol. The first kappa shape index (κ1) is 17.8. The SMILES string of the molecule is CCOc1ccc(OCC)c(C(CC)CC(O)C(C)O)c1. The van der Waals surface area contributed by atoms with E-state index in [9.17, 15) is 10.2 Å². The van der Waals surface area contributed by atoms with E-state index in [-0.39, 0.29) is 5.92 Å². The minimum Gasteiger partial charge on any atom is -0.494 e. The first-order chi connectivity index (χ1) is 10.0. The highest BCUT2D eigenvalue weighted by Crippen LogP contribution is 2.35. The lowest BCUT2D eigenvalue weighted by atomic mass is 9.88. The number of hydrogen-bond donors (Lipinski definition) is 2. The first-order valence-corrected chi connectivity index (χ1v) is 7.79. The summed E-state index contributed by atoms with van der Waals surface area (Å²) in [6, 6.07) is 5.80. The van der Waals surface area contributed by atoms with E-state index in [2.05, 4.69) is 6.92 Å². The molecule has 0 heterocycles. The number of aliphatic hydroxyl groups is 2. The zero-order valence-electron chi connectivity index (χ0n) is 13.5. The lowest BCUT2D eigenvalue weighted by Gasteiger charge is -2.23. The summed E-state index contributed by atoms with van der Waals surface area (Å²) in [5.74, 6) is 1.75. The highest BCUT2D eigenvalue weighted by Gasteiger charge is 2.22. The Hall–Kier alpha value is -1.26. The third-order valence-corrected chi connectivity index (χ3v) is 3.61. The van der Waals surface area contributed by atoms with Crippen LogP contribution in [-0.2, 0) is 0 Å². The Morgan fingerprint density at radius 3 is 2.24 bits per heavy atom. The van der Waals surface area contributed by atoms with Gasteiger partial charge in [-0.3, -0.25) is 0 Å². The molecule has 0 saturated heterocycles. The Balaban J connectivity index is 3.05. The molecule has 3 atom stereocenters. The monoisotopic (exact) mass is 296 g/mol. The van der Waals surface area contributed by atoms with Gasteiger partial charge in [0.05, 0.1) is 25.4 Å². The molecule has 2 N–H and O–H groups in total. The third-order valence-electron chi connectivity index (χ3n) is 3.61. The van der Waals surface area contributed by atoms with Crippen LogP contribution in [0.5, 0.6) is 11.5 Å². The molecule has 4 heteroatoms. The van der Waals surface area contributed by atoms with Crippen molar-refractivity contribution in [2.45, 2.75) is 58.7 Å². The molecular formula is C17H28O4. The predicted octanol–water partition coefficient (Wildman–Crippen LogP) is 3.11. The average Bonchev–Trinajstić information content (AvgIpc) is 2.46. The van der Waals surface area contributed by atoms with E-state index in [4.69, 9.17) is 9.47 Å². The zero-order valence-corrected chi connectivity index (χ0v) is 13.5. The fourth-order valence-corrected chi connectivity index (χ4v) is 2.39. The van der Waals surface area contributed by atoms with Gasteiger partial charge in [-0.05, 0) is 57.7 Å². The minimum atomic E-state index is -0.736. The second kappa shape index (κ2) is 8.90. The first-order valence-electron chi connectivity index (χ1n) is 7.79. The maximum Gasteiger partial charge on any atom is 0.123 e. The van der Waals surface area contributed by atoms with Gasteiger partial charge in [-0.15, -0.1) is 0 Å². The summed E-state index contributed by atoms with van der Waals surface area (Å²) in [5, 5.41) is 19.5. The molecule has 1 aromatic carbocycles. The topological polar surface area (TPSA) is 58.9 Å². The van der Waals surface area contributed by atoms with E-state index < -0.39 is 12.2 Å². The van der Waals surface area contributed by atoms with Crippen LogP contribution < -0.4 is 9.47 Å². The second-order valence-corrected chi connectivity index (χ2v) is 5.21. The van der Waals surface area contributed by atoms with Crippen molar-refractivity contribution in [1.82, 2.24) is 0 Å². The van der Waals surface area contributed by atoms with E-state index in [1.54, 1.807) is 6.92 Å². The van der Waals surface area contributed by atoms with Gasteiger partial charge in [0, 0.05) is 5.56 Å². The van der Waals surface area contributed by atoms with Crippen LogP contribution in [0, 0.1) is 0 Å². The summed E-state index contributed by atoms with van der Waals surface area (Å²) in [4.78, 5) is 0. The summed E-state index contributed by atoms with van der Waals surface area (Å²) in [6.07, 6.45) is -0.103. The lowest BCUT2D eigenvalue weighted by molar-refractivity contribution is 0.0213. The molecule has 0 aliphatic carbocycles. The van der Waals surface area contributed by atoms with Crippen LogP contribution in [0.15, 0.2) is 18.2 Å². The van der Waals surface area contributed by atoms with Crippen molar-refractivity contribution in [2.75, 3.05) is 13.2 Å². The van der Waals surface area contributed by atoms with Gasteiger partial charge in [0.2, 0.25) is 0 Å². The van der Waals surface area contributed by atoms with Crippen molar-refractivity contribution < 1.29 is 19.7 Å². The van der Waals surface area contributed by atoms with Crippen LogP contribution in [-0.4, -0.2) is 35.6 Å². The van der Waals surface area contributed by atoms with Gasteiger partial charge in [0.1, 0.15) is 11.5 Å². The molecule has 0 fully saturated rings. The van der Waals surface area contributed by atoms with Crippen molar-refractivity contribution in [3.05, 3.63) is 23.8 Å². The van der Waals surface area contributed by atoms with Crippen molar-refractivity contribution in [3.8, 4) is 11.5 Å². The molecule has 0 saturated carbocycles. The Kier molecular flexibility index (Phi) is 7.54. The number of hydrogen-bond acceptors (Lipinski definition) is 4. The fourth-order valence-electron chi connectivity index (χ4n) is 2.39. The maximum atomic E-state index is 9.96. The smallest absolute Gasteiger partial charge is 0.123 e. The summed E-state index contributed by atoms with van der Waals surface area (Å²) in [6.45, 7) is 8.79. The largest absolute Gasteiger partial charge is 0.494 e. The van der Waals surface area contributed by atoms with Gasteiger partial charge in [-0.1, -0.05) is 6.92 Å². The van der Waals surface area contributed by atoms with Crippen molar-refractivity contribution in [2.24, 2.45) is 0 Å². The minimum absolute atomic E-state index is 0.122. The normalized spacial score (nSPS) is 15.3. The van der Waals surface area contributed by atoms with E-state index in [1.807, 2.05) is 32.0 Å². The van der Waals surface area contributed by atoms with E-state index >= 15 is 0 Å².